The van der Waals surface area contributed by atoms with E-state index in [2.05, 4.69) is 38.3 Å². The Hall–Kier alpha value is -2.23. The maximum Gasteiger partial charge on any atom is 0.307 e. The van der Waals surface area contributed by atoms with Crippen LogP contribution in [0.1, 0.15) is 11.1 Å². The number of aliphatic carboxylic acids is 1. The lowest BCUT2D eigenvalue weighted by Gasteiger charge is -2.34. The van der Waals surface area contributed by atoms with Crippen molar-refractivity contribution < 1.29 is 23.5 Å². The van der Waals surface area contributed by atoms with Crippen LogP contribution in [0.3, 0.4) is 0 Å². The van der Waals surface area contributed by atoms with Crippen molar-refractivity contribution in [3.8, 4) is 0 Å². The Morgan fingerprint density at radius 2 is 1.33 bits per heavy atom. The number of carboxylic acid groups (broad SMARTS) is 1. The summed E-state index contributed by atoms with van der Waals surface area (Å²) in [6.07, 6.45) is 0.0313. The van der Waals surface area contributed by atoms with Gasteiger partial charge in [-0.15, -0.1) is 0 Å². The number of carbonyl (C=O) groups is 2. The largest absolute Gasteiger partial charge is 0.481 e. The van der Waals surface area contributed by atoms with Gasteiger partial charge in [-0.3, -0.25) is 9.59 Å². The molecular weight excluding hydrogens is 376 g/mol. The van der Waals surface area contributed by atoms with E-state index in [1.807, 2.05) is 36.4 Å². The van der Waals surface area contributed by atoms with Crippen molar-refractivity contribution in [2.75, 3.05) is 0 Å². The van der Waals surface area contributed by atoms with Crippen LogP contribution in [0.2, 0.25) is 26.2 Å². The predicted molar refractivity (Wildman–Crippen MR) is 110 cm³/mol. The zero-order valence-electron chi connectivity index (χ0n) is 16.2. The fraction of sp³-hybridized carbons (Fsp3) is 0.300. The molecule has 144 valence electrons. The van der Waals surface area contributed by atoms with Crippen molar-refractivity contribution in [2.24, 2.45) is 0 Å². The average molecular weight is 403 g/mol. The number of ether oxygens (including phenoxy) is 1. The van der Waals surface area contributed by atoms with Gasteiger partial charge in [-0.1, -0.05) is 48.5 Å². The Morgan fingerprint density at radius 1 is 0.889 bits per heavy atom. The lowest BCUT2D eigenvalue weighted by atomic mass is 10.2. The molecule has 0 saturated carbocycles. The van der Waals surface area contributed by atoms with Crippen molar-refractivity contribution in [1.29, 1.82) is 0 Å². The van der Waals surface area contributed by atoms with Gasteiger partial charge in [-0.2, -0.15) is 0 Å². The summed E-state index contributed by atoms with van der Waals surface area (Å²) >= 11 is 0. The van der Waals surface area contributed by atoms with E-state index in [-0.39, 0.29) is 13.0 Å². The zero-order valence-corrected chi connectivity index (χ0v) is 18.2. The molecule has 2 aromatic carbocycles. The highest BCUT2D eigenvalue weighted by Gasteiger charge is 2.35. The van der Waals surface area contributed by atoms with E-state index < -0.39 is 22.6 Å². The Labute approximate surface area is 162 Å². The second-order valence-corrected chi connectivity index (χ2v) is 15.5. The van der Waals surface area contributed by atoms with Gasteiger partial charge in [0, 0.05) is 0 Å². The molecule has 0 unspecified atom stereocenters. The number of rotatable bonds is 9. The second-order valence-electron chi connectivity index (χ2n) is 7.49. The molecule has 0 fully saturated rings. The normalized spacial score (nSPS) is 11.9. The average Bonchev–Trinajstić information content (AvgIpc) is 2.59. The molecule has 2 aromatic rings. The van der Waals surface area contributed by atoms with Gasteiger partial charge in [0.25, 0.3) is 6.47 Å². The third-order valence-corrected chi connectivity index (χ3v) is 12.0. The molecule has 27 heavy (non-hydrogen) atoms. The lowest BCUT2D eigenvalue weighted by Crippen LogP contribution is -2.57. The minimum Gasteiger partial charge on any atom is -0.481 e. The SMILES string of the molecule is C[Si](C)(O[Si](C)(C)c1ccc(CC(=O)O)cc1)c1ccc(COC=O)cc1. The quantitative estimate of drug-likeness (QED) is 0.515. The Kier molecular flexibility index (Phi) is 6.75. The molecule has 0 saturated heterocycles. The van der Waals surface area contributed by atoms with E-state index in [9.17, 15) is 9.59 Å². The number of carbonyl (C=O) groups excluding carboxylic acids is 1. The summed E-state index contributed by atoms with van der Waals surface area (Å²) in [4.78, 5) is 21.2. The number of carboxylic acids is 1. The summed E-state index contributed by atoms with van der Waals surface area (Å²) in [6, 6.07) is 15.8. The van der Waals surface area contributed by atoms with Crippen LogP contribution in [0, 0.1) is 0 Å². The van der Waals surface area contributed by atoms with Crippen molar-refractivity contribution in [2.45, 2.75) is 39.2 Å². The van der Waals surface area contributed by atoms with Gasteiger partial charge in [0.05, 0.1) is 6.42 Å². The molecule has 0 aliphatic heterocycles. The van der Waals surface area contributed by atoms with E-state index in [1.54, 1.807) is 0 Å². The molecule has 5 nitrogen and oxygen atoms in total. The van der Waals surface area contributed by atoms with Crippen molar-refractivity contribution in [3.63, 3.8) is 0 Å². The fourth-order valence-corrected chi connectivity index (χ4v) is 11.1. The van der Waals surface area contributed by atoms with Gasteiger partial charge in [-0.25, -0.2) is 0 Å². The van der Waals surface area contributed by atoms with E-state index in [1.165, 1.54) is 5.19 Å². The van der Waals surface area contributed by atoms with Crippen LogP contribution in [0.5, 0.6) is 0 Å². The zero-order chi connectivity index (χ0) is 20.1. The van der Waals surface area contributed by atoms with Crippen LogP contribution in [0.25, 0.3) is 0 Å². The van der Waals surface area contributed by atoms with Gasteiger partial charge in [-0.05, 0) is 47.7 Å². The molecule has 2 rings (SSSR count). The highest BCUT2D eigenvalue weighted by molar-refractivity contribution is 6.96. The van der Waals surface area contributed by atoms with E-state index in [4.69, 9.17) is 14.0 Å². The smallest absolute Gasteiger partial charge is 0.307 e. The number of hydrogen-bond donors (Lipinski definition) is 1. The third-order valence-electron chi connectivity index (χ3n) is 4.48. The van der Waals surface area contributed by atoms with E-state index >= 15 is 0 Å². The van der Waals surface area contributed by atoms with Crippen LogP contribution in [0.15, 0.2) is 48.5 Å². The summed E-state index contributed by atoms with van der Waals surface area (Å²) in [6.45, 7) is 9.41. The molecule has 0 aliphatic rings. The van der Waals surface area contributed by atoms with E-state index in [0.29, 0.717) is 6.47 Å². The lowest BCUT2D eigenvalue weighted by molar-refractivity contribution is -0.136. The molecule has 0 bridgehead atoms. The molecule has 0 atom stereocenters. The van der Waals surface area contributed by atoms with Crippen LogP contribution < -0.4 is 10.4 Å². The molecule has 0 heterocycles. The standard InChI is InChI=1S/C20H26O5Si2/c1-26(2,18-9-5-16(6-10-18)13-20(22)23)25-27(3,4)19-11-7-17(8-12-19)14-24-15-21/h5-12,15H,13-14H2,1-4H3,(H,22,23). The summed E-state index contributed by atoms with van der Waals surface area (Å²) in [5.74, 6) is -0.828. The van der Waals surface area contributed by atoms with Crippen LogP contribution in [0.4, 0.5) is 0 Å². The van der Waals surface area contributed by atoms with Gasteiger partial charge in [0.2, 0.25) is 16.6 Å². The maximum atomic E-state index is 10.8. The Balaban J connectivity index is 2.14. The van der Waals surface area contributed by atoms with Crippen LogP contribution >= 0.6 is 0 Å². The predicted octanol–water partition coefficient (Wildman–Crippen LogP) is 2.53. The molecular formula is C20H26O5Si2. The maximum absolute atomic E-state index is 10.8. The summed E-state index contributed by atoms with van der Waals surface area (Å²) < 4.78 is 11.5. The van der Waals surface area contributed by atoms with Crippen molar-refractivity contribution in [3.05, 3.63) is 59.7 Å². The highest BCUT2D eigenvalue weighted by Crippen LogP contribution is 2.16. The first-order chi connectivity index (χ1) is 12.6. The van der Waals surface area contributed by atoms with Gasteiger partial charge in [0.1, 0.15) is 6.61 Å². The fourth-order valence-electron chi connectivity index (χ4n) is 3.09. The molecule has 0 amide bonds. The molecule has 0 aromatic heterocycles. The van der Waals surface area contributed by atoms with Gasteiger partial charge >= 0.3 is 5.97 Å². The summed E-state index contributed by atoms with van der Waals surface area (Å²) in [5, 5.41) is 11.2. The van der Waals surface area contributed by atoms with Crippen molar-refractivity contribution >= 4 is 39.4 Å². The molecule has 0 aliphatic carbocycles. The minimum absolute atomic E-state index is 0.0313. The minimum atomic E-state index is -2.15. The second kappa shape index (κ2) is 8.64. The highest BCUT2D eigenvalue weighted by atomic mass is 28.4. The van der Waals surface area contributed by atoms with E-state index in [0.717, 1.165) is 16.3 Å². The summed E-state index contributed by atoms with van der Waals surface area (Å²) in [5.41, 5.74) is 1.74. The first-order valence-electron chi connectivity index (χ1n) is 8.80. The Bertz CT molecular complexity index is 783. The van der Waals surface area contributed by atoms with Gasteiger partial charge in [0.15, 0.2) is 0 Å². The molecule has 0 radical (unpaired) electrons. The Morgan fingerprint density at radius 3 is 1.74 bits per heavy atom. The monoisotopic (exact) mass is 402 g/mol. The van der Waals surface area contributed by atoms with Crippen molar-refractivity contribution in [1.82, 2.24) is 0 Å². The number of benzene rings is 2. The van der Waals surface area contributed by atoms with Crippen LogP contribution in [-0.2, 0) is 31.5 Å². The first-order valence-corrected chi connectivity index (χ1v) is 14.6. The third kappa shape index (κ3) is 5.88. The van der Waals surface area contributed by atoms with Gasteiger partial charge < -0.3 is 14.0 Å². The molecule has 0 spiro atoms. The molecule has 7 heteroatoms. The summed E-state index contributed by atoms with van der Waals surface area (Å²) in [7, 11) is -4.29. The van der Waals surface area contributed by atoms with Crippen LogP contribution in [-0.4, -0.2) is 34.2 Å². The first kappa shape index (κ1) is 21.1. The number of hydrogen-bond acceptors (Lipinski definition) is 4. The molecule has 1 N–H and O–H groups in total. The topological polar surface area (TPSA) is 72.8 Å².